The number of likely N-dealkylation sites (tertiary alicyclic amines) is 1. The van der Waals surface area contributed by atoms with Crippen LogP contribution >= 0.6 is 0 Å². The van der Waals surface area contributed by atoms with Gasteiger partial charge in [0.15, 0.2) is 0 Å². The molecule has 0 aromatic heterocycles. The fraction of sp³-hybridized carbons (Fsp3) is 0.720. The summed E-state index contributed by atoms with van der Waals surface area (Å²) < 4.78 is 11.0. The van der Waals surface area contributed by atoms with Crippen molar-refractivity contribution < 1.29 is 23.9 Å². The first-order valence-corrected chi connectivity index (χ1v) is 11.5. The Morgan fingerprint density at radius 2 is 1.69 bits per heavy atom. The van der Waals surface area contributed by atoms with Crippen LogP contribution in [0.15, 0.2) is 24.8 Å². The molecule has 7 heteroatoms. The topological polar surface area (TPSA) is 76.2 Å². The summed E-state index contributed by atoms with van der Waals surface area (Å²) in [6.07, 6.45) is 7.15. The lowest BCUT2D eigenvalue weighted by molar-refractivity contribution is -0.160. The molecule has 2 amide bonds. The fourth-order valence-corrected chi connectivity index (χ4v) is 3.70. The van der Waals surface area contributed by atoms with Gasteiger partial charge in [-0.2, -0.15) is 0 Å². The molecule has 1 unspecified atom stereocenters. The molecule has 0 aromatic rings. The van der Waals surface area contributed by atoms with E-state index in [9.17, 15) is 14.4 Å². The third kappa shape index (κ3) is 8.32. The summed E-state index contributed by atoms with van der Waals surface area (Å²) in [4.78, 5) is 42.4. The Kier molecular flexibility index (Phi) is 9.98. The molecule has 1 fully saturated rings. The Balaban J connectivity index is 3.30. The molecule has 0 bridgehead atoms. The van der Waals surface area contributed by atoms with E-state index >= 15 is 0 Å². The highest BCUT2D eigenvalue weighted by atomic mass is 16.6. The average molecular weight is 451 g/mol. The van der Waals surface area contributed by atoms with Crippen molar-refractivity contribution in [1.82, 2.24) is 9.80 Å². The molecular weight excluding hydrogens is 408 g/mol. The first kappa shape index (κ1) is 27.7. The predicted octanol–water partition coefficient (Wildman–Crippen LogP) is 4.71. The monoisotopic (exact) mass is 450 g/mol. The predicted molar refractivity (Wildman–Crippen MR) is 126 cm³/mol. The lowest BCUT2D eigenvalue weighted by Crippen LogP contribution is -2.54. The van der Waals surface area contributed by atoms with Crippen LogP contribution in [0, 0.1) is 5.92 Å². The van der Waals surface area contributed by atoms with E-state index in [4.69, 9.17) is 9.47 Å². The summed E-state index contributed by atoms with van der Waals surface area (Å²) in [6, 6.07) is -1.06. The van der Waals surface area contributed by atoms with Crippen LogP contribution in [0.2, 0.25) is 0 Å². The van der Waals surface area contributed by atoms with Crippen molar-refractivity contribution in [1.29, 1.82) is 0 Å². The zero-order valence-electron chi connectivity index (χ0n) is 21.1. The van der Waals surface area contributed by atoms with E-state index in [-0.39, 0.29) is 24.4 Å². The maximum Gasteiger partial charge on any atom is 0.410 e. The Morgan fingerprint density at radius 1 is 1.09 bits per heavy atom. The summed E-state index contributed by atoms with van der Waals surface area (Å²) in [5, 5.41) is 0. The van der Waals surface area contributed by atoms with Crippen molar-refractivity contribution in [2.45, 2.75) is 97.9 Å². The largest absolute Gasteiger partial charge is 0.459 e. The molecule has 0 aliphatic carbocycles. The molecule has 0 N–H and O–H groups in total. The van der Waals surface area contributed by atoms with Gasteiger partial charge in [0.1, 0.15) is 23.8 Å². The normalized spacial score (nSPS) is 20.2. The number of rotatable bonds is 8. The van der Waals surface area contributed by atoms with Crippen molar-refractivity contribution in [3.8, 4) is 0 Å². The minimum Gasteiger partial charge on any atom is -0.459 e. The summed E-state index contributed by atoms with van der Waals surface area (Å²) in [6.45, 7) is 18.8. The molecule has 1 aliphatic rings. The molecule has 182 valence electrons. The molecule has 0 aromatic carbocycles. The molecule has 3 atom stereocenters. The average Bonchev–Trinajstić information content (AvgIpc) is 3.08. The van der Waals surface area contributed by atoms with Gasteiger partial charge in [-0.15, -0.1) is 6.58 Å². The van der Waals surface area contributed by atoms with E-state index < -0.39 is 29.3 Å². The number of carbonyl (C=O) groups is 3. The highest BCUT2D eigenvalue weighted by Gasteiger charge is 2.45. The van der Waals surface area contributed by atoms with E-state index in [0.717, 1.165) is 6.42 Å². The van der Waals surface area contributed by atoms with Gasteiger partial charge in [0, 0.05) is 12.5 Å². The van der Waals surface area contributed by atoms with Gasteiger partial charge in [0.25, 0.3) is 0 Å². The summed E-state index contributed by atoms with van der Waals surface area (Å²) in [5.74, 6) is -0.994. The van der Waals surface area contributed by atoms with Crippen molar-refractivity contribution in [2.24, 2.45) is 5.92 Å². The van der Waals surface area contributed by atoms with Gasteiger partial charge < -0.3 is 14.4 Å². The Labute approximate surface area is 193 Å². The maximum atomic E-state index is 13.8. The van der Waals surface area contributed by atoms with E-state index in [0.29, 0.717) is 19.4 Å². The molecule has 1 saturated heterocycles. The lowest BCUT2D eigenvalue weighted by Gasteiger charge is -2.36. The van der Waals surface area contributed by atoms with Crippen LogP contribution in [-0.4, -0.2) is 64.1 Å². The van der Waals surface area contributed by atoms with E-state index in [1.165, 1.54) is 9.80 Å². The fourth-order valence-electron chi connectivity index (χ4n) is 3.70. The van der Waals surface area contributed by atoms with Crippen LogP contribution in [0.25, 0.3) is 0 Å². The first-order chi connectivity index (χ1) is 14.7. The zero-order valence-corrected chi connectivity index (χ0v) is 21.1. The van der Waals surface area contributed by atoms with Crippen molar-refractivity contribution in [3.63, 3.8) is 0 Å². The second-order valence-electron chi connectivity index (χ2n) is 10.2. The van der Waals surface area contributed by atoms with Crippen LogP contribution in [0.1, 0.15) is 74.7 Å². The van der Waals surface area contributed by atoms with Crippen LogP contribution in [0.4, 0.5) is 4.79 Å². The van der Waals surface area contributed by atoms with Crippen LogP contribution in [0.5, 0.6) is 0 Å². The summed E-state index contributed by atoms with van der Waals surface area (Å²) >= 11 is 0. The minimum absolute atomic E-state index is 0.189. The molecule has 1 heterocycles. The van der Waals surface area contributed by atoms with Gasteiger partial charge in [-0.25, -0.2) is 4.79 Å². The number of esters is 1. The second kappa shape index (κ2) is 11.5. The SMILES string of the molecule is C=C[C@@H]1CCN(C(=O)OC(C)(C)C)C1C(=O)N(CC(=O)OC(C)(C)C)[C@H](/C=C/CC)CC. The van der Waals surface area contributed by atoms with Crippen molar-refractivity contribution in [3.05, 3.63) is 24.8 Å². The van der Waals surface area contributed by atoms with Gasteiger partial charge in [-0.05, 0) is 60.8 Å². The van der Waals surface area contributed by atoms with Gasteiger partial charge in [0.2, 0.25) is 5.91 Å². The number of nitrogens with zero attached hydrogens (tertiary/aromatic N) is 2. The Morgan fingerprint density at radius 3 is 2.16 bits per heavy atom. The van der Waals surface area contributed by atoms with Crippen LogP contribution in [0.3, 0.4) is 0 Å². The number of hydrogen-bond acceptors (Lipinski definition) is 5. The molecule has 0 saturated carbocycles. The third-order valence-electron chi connectivity index (χ3n) is 5.04. The molecule has 0 spiro atoms. The highest BCUT2D eigenvalue weighted by Crippen LogP contribution is 2.30. The standard InChI is InChI=1S/C25H42N2O5/c1-10-13-14-19(12-3)27(17-20(28)31-24(4,5)6)22(29)21-18(11-2)15-16-26(21)23(30)32-25(7,8)9/h11,13-14,18-19,21H,2,10,12,15-17H2,1,3-9H3/b14-13+/t18-,19+,21?/m1/s1. The van der Waals surface area contributed by atoms with Gasteiger partial charge in [0.05, 0.1) is 6.04 Å². The van der Waals surface area contributed by atoms with E-state index in [1.54, 1.807) is 47.6 Å². The quantitative estimate of drug-likeness (QED) is 0.395. The van der Waals surface area contributed by atoms with Crippen molar-refractivity contribution >= 4 is 18.0 Å². The van der Waals surface area contributed by atoms with Gasteiger partial charge >= 0.3 is 12.1 Å². The van der Waals surface area contributed by atoms with Crippen LogP contribution < -0.4 is 0 Å². The van der Waals surface area contributed by atoms with E-state index in [2.05, 4.69) is 6.58 Å². The number of carbonyl (C=O) groups excluding carboxylic acids is 3. The Bertz CT molecular complexity index is 702. The highest BCUT2D eigenvalue weighted by molar-refractivity contribution is 5.90. The van der Waals surface area contributed by atoms with Crippen molar-refractivity contribution in [2.75, 3.05) is 13.1 Å². The first-order valence-electron chi connectivity index (χ1n) is 11.5. The molecule has 1 rings (SSSR count). The molecule has 7 nitrogen and oxygen atoms in total. The molecule has 0 radical (unpaired) electrons. The zero-order chi connectivity index (χ0) is 24.7. The van der Waals surface area contributed by atoms with Crippen LogP contribution in [-0.2, 0) is 19.1 Å². The summed E-state index contributed by atoms with van der Waals surface area (Å²) in [5.41, 5.74) is -1.34. The van der Waals surface area contributed by atoms with E-state index in [1.807, 2.05) is 26.0 Å². The lowest BCUT2D eigenvalue weighted by atomic mass is 9.98. The smallest absolute Gasteiger partial charge is 0.410 e. The third-order valence-corrected chi connectivity index (χ3v) is 5.04. The summed E-state index contributed by atoms with van der Waals surface area (Å²) in [7, 11) is 0. The minimum atomic E-state index is -0.770. The number of hydrogen-bond donors (Lipinski definition) is 0. The molecule has 32 heavy (non-hydrogen) atoms. The second-order valence-corrected chi connectivity index (χ2v) is 10.2. The Hall–Kier alpha value is -2.31. The number of amides is 2. The number of allylic oxidation sites excluding steroid dienone is 1. The van der Waals surface area contributed by atoms with Gasteiger partial charge in [-0.1, -0.05) is 32.1 Å². The maximum absolute atomic E-state index is 13.8. The molecule has 1 aliphatic heterocycles. The van der Waals surface area contributed by atoms with Gasteiger partial charge in [-0.3, -0.25) is 14.5 Å². The molecular formula is C25H42N2O5. The number of ether oxygens (including phenoxy) is 2.